The lowest BCUT2D eigenvalue weighted by Gasteiger charge is -2.03. The molecule has 2 heterocycles. The fourth-order valence-corrected chi connectivity index (χ4v) is 2.14. The zero-order valence-electron chi connectivity index (χ0n) is 10.2. The number of hydrogen-bond donors (Lipinski definition) is 1. The maximum absolute atomic E-state index is 13.6. The van der Waals surface area contributed by atoms with Crippen molar-refractivity contribution >= 4 is 21.7 Å². The van der Waals surface area contributed by atoms with E-state index in [4.69, 9.17) is 10.3 Å². The molecular formula is C14H9BrFN3O. The molecule has 0 bridgehead atoms. The fourth-order valence-electron chi connectivity index (χ4n) is 1.90. The number of aromatic nitrogens is 2. The fraction of sp³-hybridized carbons (Fsp3) is 0. The molecule has 0 amide bonds. The van der Waals surface area contributed by atoms with E-state index < -0.39 is 0 Å². The lowest BCUT2D eigenvalue weighted by molar-refractivity contribution is 0.435. The molecule has 3 rings (SSSR count). The van der Waals surface area contributed by atoms with Gasteiger partial charge in [0.15, 0.2) is 11.6 Å². The number of halogens is 2. The van der Waals surface area contributed by atoms with Gasteiger partial charge < -0.3 is 10.3 Å². The van der Waals surface area contributed by atoms with Crippen LogP contribution < -0.4 is 5.73 Å². The Morgan fingerprint density at radius 2 is 2.05 bits per heavy atom. The Morgan fingerprint density at radius 1 is 1.20 bits per heavy atom. The van der Waals surface area contributed by atoms with Crippen molar-refractivity contribution in [2.24, 2.45) is 0 Å². The van der Waals surface area contributed by atoms with Gasteiger partial charge in [0.05, 0.1) is 15.7 Å². The predicted molar refractivity (Wildman–Crippen MR) is 77.2 cm³/mol. The van der Waals surface area contributed by atoms with Crippen molar-refractivity contribution in [1.29, 1.82) is 0 Å². The third-order valence-corrected chi connectivity index (χ3v) is 3.46. The average Bonchev–Trinajstić information content (AvgIpc) is 2.85. The molecule has 20 heavy (non-hydrogen) atoms. The lowest BCUT2D eigenvalue weighted by atomic mass is 10.1. The smallest absolute Gasteiger partial charge is 0.178 e. The molecule has 1 aromatic carbocycles. The molecule has 2 N–H and O–H groups in total. The first kappa shape index (κ1) is 12.8. The van der Waals surface area contributed by atoms with Crippen LogP contribution in [0.15, 0.2) is 51.6 Å². The Hall–Kier alpha value is -2.21. The Morgan fingerprint density at radius 3 is 2.75 bits per heavy atom. The highest BCUT2D eigenvalue weighted by Crippen LogP contribution is 2.36. The van der Waals surface area contributed by atoms with Crippen molar-refractivity contribution in [3.8, 4) is 22.6 Å². The average molecular weight is 334 g/mol. The second-order valence-corrected chi connectivity index (χ2v) is 4.97. The van der Waals surface area contributed by atoms with Crippen LogP contribution in [0.3, 0.4) is 0 Å². The summed E-state index contributed by atoms with van der Waals surface area (Å²) in [4.78, 5) is 4.23. The largest absolute Gasteiger partial charge is 0.380 e. The van der Waals surface area contributed by atoms with Crippen LogP contribution in [0.5, 0.6) is 0 Å². The topological polar surface area (TPSA) is 64.9 Å². The van der Waals surface area contributed by atoms with E-state index in [1.54, 1.807) is 30.5 Å². The Kier molecular flexibility index (Phi) is 3.23. The summed E-state index contributed by atoms with van der Waals surface area (Å²) in [6, 6.07) is 10.1. The number of benzene rings is 1. The number of rotatable bonds is 2. The predicted octanol–water partition coefficient (Wildman–Crippen LogP) is 3.89. The first-order chi connectivity index (χ1) is 9.66. The third kappa shape index (κ3) is 2.18. The van der Waals surface area contributed by atoms with Crippen LogP contribution >= 0.6 is 15.9 Å². The van der Waals surface area contributed by atoms with Gasteiger partial charge in [0.25, 0.3) is 0 Å². The normalized spacial score (nSPS) is 10.7. The molecule has 0 atom stereocenters. The molecule has 0 spiro atoms. The number of anilines is 1. The van der Waals surface area contributed by atoms with Crippen molar-refractivity contribution in [1.82, 2.24) is 10.1 Å². The number of pyridine rings is 1. The van der Waals surface area contributed by atoms with Crippen molar-refractivity contribution in [2.45, 2.75) is 0 Å². The summed E-state index contributed by atoms with van der Waals surface area (Å²) in [6.45, 7) is 0. The minimum absolute atomic E-state index is 0.224. The first-order valence-corrected chi connectivity index (χ1v) is 6.58. The number of nitrogens with zero attached hydrogens (tertiary/aromatic N) is 2. The molecule has 100 valence electrons. The summed E-state index contributed by atoms with van der Waals surface area (Å²) in [5.41, 5.74) is 7.57. The summed E-state index contributed by atoms with van der Waals surface area (Å²) < 4.78 is 19.3. The molecule has 2 aromatic heterocycles. The van der Waals surface area contributed by atoms with Gasteiger partial charge in [0.1, 0.15) is 5.82 Å². The molecule has 0 unspecified atom stereocenters. The minimum Gasteiger partial charge on any atom is -0.380 e. The second-order valence-electron chi connectivity index (χ2n) is 4.12. The van der Waals surface area contributed by atoms with E-state index in [2.05, 4.69) is 26.1 Å². The summed E-state index contributed by atoms with van der Waals surface area (Å²) in [5.74, 6) is 0.235. The molecular weight excluding hydrogens is 325 g/mol. The number of hydrogen-bond acceptors (Lipinski definition) is 4. The second kappa shape index (κ2) is 5.05. The van der Waals surface area contributed by atoms with Crippen LogP contribution in [0.4, 0.5) is 10.2 Å². The maximum atomic E-state index is 13.6. The monoisotopic (exact) mass is 333 g/mol. The van der Waals surface area contributed by atoms with Gasteiger partial charge in [-0.1, -0.05) is 11.2 Å². The quantitative estimate of drug-likeness (QED) is 0.772. The van der Waals surface area contributed by atoms with Crippen LogP contribution in [0, 0.1) is 5.82 Å². The van der Waals surface area contributed by atoms with Gasteiger partial charge in [-0.2, -0.15) is 0 Å². The van der Waals surface area contributed by atoms with Gasteiger partial charge >= 0.3 is 0 Å². The maximum Gasteiger partial charge on any atom is 0.178 e. The standard InChI is InChI=1S/C14H9BrFN3O/c15-9-5-4-8(7-10(9)16)13-12(14(17)19-20-13)11-3-1-2-6-18-11/h1-7H,(H2,17,19). The molecule has 0 saturated carbocycles. The molecule has 6 heteroatoms. The van der Waals surface area contributed by atoms with E-state index >= 15 is 0 Å². The van der Waals surface area contributed by atoms with E-state index in [0.29, 0.717) is 27.1 Å². The molecule has 0 aliphatic rings. The van der Waals surface area contributed by atoms with Gasteiger partial charge in [-0.3, -0.25) is 4.98 Å². The zero-order valence-corrected chi connectivity index (χ0v) is 11.8. The summed E-state index contributed by atoms with van der Waals surface area (Å²) in [5, 5.41) is 3.75. The van der Waals surface area contributed by atoms with Crippen LogP contribution in [-0.4, -0.2) is 10.1 Å². The highest BCUT2D eigenvalue weighted by molar-refractivity contribution is 9.10. The Balaban J connectivity index is 2.18. The van der Waals surface area contributed by atoms with Gasteiger partial charge in [-0.25, -0.2) is 4.39 Å². The van der Waals surface area contributed by atoms with Crippen LogP contribution in [0.25, 0.3) is 22.6 Å². The van der Waals surface area contributed by atoms with Gasteiger partial charge in [-0.05, 0) is 46.3 Å². The number of nitrogens with two attached hydrogens (primary N) is 1. The highest BCUT2D eigenvalue weighted by atomic mass is 79.9. The molecule has 0 radical (unpaired) electrons. The Labute approximate surface area is 122 Å². The molecule has 4 nitrogen and oxygen atoms in total. The first-order valence-electron chi connectivity index (χ1n) is 5.79. The van der Waals surface area contributed by atoms with E-state index in [9.17, 15) is 4.39 Å². The van der Waals surface area contributed by atoms with Crippen LogP contribution in [0.2, 0.25) is 0 Å². The van der Waals surface area contributed by atoms with Gasteiger partial charge in [-0.15, -0.1) is 0 Å². The molecule has 3 aromatic rings. The van der Waals surface area contributed by atoms with E-state index in [1.165, 1.54) is 6.07 Å². The molecule has 0 aliphatic heterocycles. The van der Waals surface area contributed by atoms with E-state index in [-0.39, 0.29) is 11.6 Å². The summed E-state index contributed by atoms with van der Waals surface area (Å²) >= 11 is 3.11. The van der Waals surface area contributed by atoms with Crippen molar-refractivity contribution in [3.05, 3.63) is 52.9 Å². The minimum atomic E-state index is -0.385. The molecule has 0 saturated heterocycles. The third-order valence-electron chi connectivity index (χ3n) is 2.82. The number of nitrogen functional groups attached to an aromatic ring is 1. The van der Waals surface area contributed by atoms with Gasteiger partial charge in [0.2, 0.25) is 0 Å². The van der Waals surface area contributed by atoms with Crippen molar-refractivity contribution in [2.75, 3.05) is 5.73 Å². The highest BCUT2D eigenvalue weighted by Gasteiger charge is 2.19. The zero-order chi connectivity index (χ0) is 14.1. The van der Waals surface area contributed by atoms with Gasteiger partial charge in [0, 0.05) is 11.8 Å². The van der Waals surface area contributed by atoms with E-state index in [0.717, 1.165) is 0 Å². The van der Waals surface area contributed by atoms with Crippen molar-refractivity contribution in [3.63, 3.8) is 0 Å². The summed E-state index contributed by atoms with van der Waals surface area (Å²) in [6.07, 6.45) is 1.65. The summed E-state index contributed by atoms with van der Waals surface area (Å²) in [7, 11) is 0. The SMILES string of the molecule is Nc1noc(-c2ccc(Br)c(F)c2)c1-c1ccccn1. The lowest BCUT2D eigenvalue weighted by Crippen LogP contribution is -1.91. The van der Waals surface area contributed by atoms with Crippen molar-refractivity contribution < 1.29 is 8.91 Å². The molecule has 0 aliphatic carbocycles. The molecule has 0 fully saturated rings. The van der Waals surface area contributed by atoms with E-state index in [1.807, 2.05) is 6.07 Å². The van der Waals surface area contributed by atoms with Crippen LogP contribution in [-0.2, 0) is 0 Å². The van der Waals surface area contributed by atoms with Crippen LogP contribution in [0.1, 0.15) is 0 Å². The Bertz CT molecular complexity index is 758.